The molecule has 37 heavy (non-hydrogen) atoms. The Morgan fingerprint density at radius 3 is 2.70 bits per heavy atom. The van der Waals surface area contributed by atoms with Crippen LogP contribution < -0.4 is 10.3 Å². The standard InChI is InChI=1S/C31H33N3O3/c1-33-29-13-12-27(20-25(29)11-14-31(33)35)36-19-6-2-5-17-34(18-15-24-8-7-16-32-22-24)23-28-21-26-9-3-4-10-30(26)37-28/h3-4,7-14,16,20-22H,2,5-6,15,17-19,23H2,1H3. The molecule has 0 saturated carbocycles. The van der Waals surface area contributed by atoms with Crippen molar-refractivity contribution in [3.8, 4) is 5.75 Å². The minimum Gasteiger partial charge on any atom is -0.494 e. The van der Waals surface area contributed by atoms with Gasteiger partial charge in [0.25, 0.3) is 5.56 Å². The normalized spacial score (nSPS) is 11.5. The highest BCUT2D eigenvalue weighted by molar-refractivity contribution is 5.80. The van der Waals surface area contributed by atoms with Gasteiger partial charge in [-0.1, -0.05) is 24.3 Å². The number of ether oxygens (including phenoxy) is 1. The Hall–Kier alpha value is -3.90. The predicted molar refractivity (Wildman–Crippen MR) is 148 cm³/mol. The summed E-state index contributed by atoms with van der Waals surface area (Å²) in [5.41, 5.74) is 3.10. The summed E-state index contributed by atoms with van der Waals surface area (Å²) in [4.78, 5) is 18.5. The third kappa shape index (κ3) is 6.46. The molecule has 0 unspecified atom stereocenters. The van der Waals surface area contributed by atoms with E-state index in [1.165, 1.54) is 5.56 Å². The van der Waals surface area contributed by atoms with Crippen molar-refractivity contribution in [2.45, 2.75) is 32.2 Å². The molecule has 0 atom stereocenters. The minimum absolute atomic E-state index is 0.00373. The van der Waals surface area contributed by atoms with Crippen molar-refractivity contribution in [3.05, 3.63) is 107 Å². The molecule has 2 aromatic carbocycles. The molecule has 3 aromatic heterocycles. The van der Waals surface area contributed by atoms with E-state index in [1.54, 1.807) is 17.7 Å². The van der Waals surface area contributed by atoms with Gasteiger partial charge in [0.05, 0.1) is 18.7 Å². The SMILES string of the molecule is Cn1c(=O)ccc2cc(OCCCCCN(CCc3cccnc3)Cc3cc4ccccc4o3)ccc21. The number of unbranched alkanes of at least 4 members (excludes halogenated alkanes) is 2. The van der Waals surface area contributed by atoms with Crippen LogP contribution in [-0.4, -0.2) is 34.1 Å². The van der Waals surface area contributed by atoms with Gasteiger partial charge < -0.3 is 13.7 Å². The molecule has 0 N–H and O–H groups in total. The lowest BCUT2D eigenvalue weighted by Gasteiger charge is -2.21. The first-order chi connectivity index (χ1) is 18.2. The first-order valence-corrected chi connectivity index (χ1v) is 13.0. The van der Waals surface area contributed by atoms with Crippen LogP contribution in [0.3, 0.4) is 0 Å². The molecular formula is C31H33N3O3. The third-order valence-electron chi connectivity index (χ3n) is 6.78. The molecule has 0 aliphatic rings. The molecule has 5 aromatic rings. The summed E-state index contributed by atoms with van der Waals surface area (Å²) in [5, 5.41) is 2.16. The van der Waals surface area contributed by atoms with Crippen LogP contribution in [-0.2, 0) is 20.0 Å². The van der Waals surface area contributed by atoms with Gasteiger partial charge in [0.15, 0.2) is 0 Å². The summed E-state index contributed by atoms with van der Waals surface area (Å²) in [5.74, 6) is 1.85. The van der Waals surface area contributed by atoms with E-state index in [2.05, 4.69) is 28.1 Å². The van der Waals surface area contributed by atoms with Crippen molar-refractivity contribution in [1.29, 1.82) is 0 Å². The average molecular weight is 496 g/mol. The van der Waals surface area contributed by atoms with Gasteiger partial charge in [-0.2, -0.15) is 0 Å². The number of pyridine rings is 2. The van der Waals surface area contributed by atoms with Crippen molar-refractivity contribution >= 4 is 21.9 Å². The van der Waals surface area contributed by atoms with Crippen LogP contribution in [0.2, 0.25) is 0 Å². The molecule has 0 bridgehead atoms. The molecule has 0 amide bonds. The lowest BCUT2D eigenvalue weighted by molar-refractivity contribution is 0.238. The lowest BCUT2D eigenvalue weighted by Crippen LogP contribution is -2.27. The quantitative estimate of drug-likeness (QED) is 0.200. The van der Waals surface area contributed by atoms with Crippen LogP contribution in [0.25, 0.3) is 21.9 Å². The second-order valence-corrected chi connectivity index (χ2v) is 9.50. The number of benzene rings is 2. The summed E-state index contributed by atoms with van der Waals surface area (Å²) in [6, 6.07) is 23.8. The van der Waals surface area contributed by atoms with Crippen LogP contribution in [0.15, 0.2) is 94.4 Å². The number of hydrogen-bond acceptors (Lipinski definition) is 5. The molecule has 0 aliphatic heterocycles. The molecule has 5 rings (SSSR count). The zero-order valence-electron chi connectivity index (χ0n) is 21.3. The fourth-order valence-corrected chi connectivity index (χ4v) is 4.70. The highest BCUT2D eigenvalue weighted by Crippen LogP contribution is 2.21. The van der Waals surface area contributed by atoms with Gasteiger partial charge in [-0.15, -0.1) is 0 Å². The second kappa shape index (κ2) is 11.9. The van der Waals surface area contributed by atoms with E-state index < -0.39 is 0 Å². The number of nitrogens with zero attached hydrogens (tertiary/aromatic N) is 3. The molecule has 3 heterocycles. The zero-order chi connectivity index (χ0) is 25.5. The molecule has 190 valence electrons. The van der Waals surface area contributed by atoms with Crippen molar-refractivity contribution in [2.75, 3.05) is 19.7 Å². The number of para-hydroxylation sites is 1. The number of furan rings is 1. The van der Waals surface area contributed by atoms with Crippen molar-refractivity contribution < 1.29 is 9.15 Å². The van der Waals surface area contributed by atoms with E-state index in [-0.39, 0.29) is 5.56 Å². The first-order valence-electron chi connectivity index (χ1n) is 13.0. The number of aryl methyl sites for hydroxylation is 1. The van der Waals surface area contributed by atoms with Gasteiger partial charge in [0.1, 0.15) is 17.1 Å². The zero-order valence-corrected chi connectivity index (χ0v) is 21.3. The van der Waals surface area contributed by atoms with E-state index in [0.717, 1.165) is 78.7 Å². The minimum atomic E-state index is -0.00373. The van der Waals surface area contributed by atoms with Gasteiger partial charge in [-0.3, -0.25) is 14.7 Å². The average Bonchev–Trinajstić information content (AvgIpc) is 3.34. The van der Waals surface area contributed by atoms with Crippen molar-refractivity contribution in [1.82, 2.24) is 14.5 Å². The van der Waals surface area contributed by atoms with Gasteiger partial charge in [-0.25, -0.2) is 0 Å². The third-order valence-corrected chi connectivity index (χ3v) is 6.78. The summed E-state index contributed by atoms with van der Waals surface area (Å²) < 4.78 is 13.8. The fraction of sp³-hybridized carbons (Fsp3) is 0.290. The highest BCUT2D eigenvalue weighted by Gasteiger charge is 2.11. The van der Waals surface area contributed by atoms with Gasteiger partial charge in [-0.05, 0) is 80.3 Å². The van der Waals surface area contributed by atoms with E-state index in [4.69, 9.17) is 9.15 Å². The number of aromatic nitrogens is 2. The summed E-state index contributed by atoms with van der Waals surface area (Å²) in [6.07, 6.45) is 7.90. The van der Waals surface area contributed by atoms with Crippen molar-refractivity contribution in [2.24, 2.45) is 7.05 Å². The predicted octanol–water partition coefficient (Wildman–Crippen LogP) is 5.97. The molecule has 0 saturated heterocycles. The van der Waals surface area contributed by atoms with Gasteiger partial charge >= 0.3 is 0 Å². The maximum Gasteiger partial charge on any atom is 0.250 e. The van der Waals surface area contributed by atoms with E-state index >= 15 is 0 Å². The summed E-state index contributed by atoms with van der Waals surface area (Å²) >= 11 is 0. The largest absolute Gasteiger partial charge is 0.494 e. The fourth-order valence-electron chi connectivity index (χ4n) is 4.70. The molecule has 0 aliphatic carbocycles. The van der Waals surface area contributed by atoms with E-state index in [9.17, 15) is 4.79 Å². The molecule has 0 spiro atoms. The van der Waals surface area contributed by atoms with Gasteiger partial charge in [0, 0.05) is 42.8 Å². The van der Waals surface area contributed by atoms with Crippen LogP contribution in [0.4, 0.5) is 0 Å². The Balaban J connectivity index is 1.12. The van der Waals surface area contributed by atoms with E-state index in [0.29, 0.717) is 6.61 Å². The van der Waals surface area contributed by atoms with E-state index in [1.807, 2.05) is 60.9 Å². The number of hydrogen-bond donors (Lipinski definition) is 0. The van der Waals surface area contributed by atoms with Crippen LogP contribution in [0, 0.1) is 0 Å². The number of fused-ring (bicyclic) bond motifs is 2. The second-order valence-electron chi connectivity index (χ2n) is 9.50. The maximum atomic E-state index is 11.8. The Bertz CT molecular complexity index is 1470. The molecule has 0 radical (unpaired) electrons. The maximum absolute atomic E-state index is 11.8. The molecule has 6 heteroatoms. The summed E-state index contributed by atoms with van der Waals surface area (Å²) in [7, 11) is 1.79. The van der Waals surface area contributed by atoms with Crippen LogP contribution in [0.5, 0.6) is 5.75 Å². The first kappa shape index (κ1) is 24.8. The van der Waals surface area contributed by atoms with Crippen LogP contribution >= 0.6 is 0 Å². The highest BCUT2D eigenvalue weighted by atomic mass is 16.5. The Kier molecular flexibility index (Phi) is 7.96. The smallest absolute Gasteiger partial charge is 0.250 e. The Morgan fingerprint density at radius 1 is 0.919 bits per heavy atom. The lowest BCUT2D eigenvalue weighted by atomic mass is 10.2. The summed E-state index contributed by atoms with van der Waals surface area (Å²) in [6.45, 7) is 3.43. The Morgan fingerprint density at radius 2 is 1.84 bits per heavy atom. The monoisotopic (exact) mass is 495 g/mol. The molecule has 6 nitrogen and oxygen atoms in total. The van der Waals surface area contributed by atoms with Crippen LogP contribution in [0.1, 0.15) is 30.6 Å². The molecule has 0 fully saturated rings. The topological polar surface area (TPSA) is 60.5 Å². The number of rotatable bonds is 12. The molecular weight excluding hydrogens is 462 g/mol. The van der Waals surface area contributed by atoms with Gasteiger partial charge in [0.2, 0.25) is 0 Å². The van der Waals surface area contributed by atoms with Crippen molar-refractivity contribution in [3.63, 3.8) is 0 Å². The Labute approximate surface area is 217 Å².